The van der Waals surface area contributed by atoms with E-state index in [-0.39, 0.29) is 12.7 Å². The molecule has 6 nitrogen and oxygen atoms in total. The summed E-state index contributed by atoms with van der Waals surface area (Å²) in [4.78, 5) is 29.4. The number of ether oxygens (including phenoxy) is 1. The maximum atomic E-state index is 10.9. The fraction of sp³-hybridized carbons (Fsp3) is 0.769. The standard InChI is InChI=1S/C13H24O6/c1-4-5-6-7-9-15-16-10-8-11-17-19-13(14)18-12(2)3/h8,11-12H,4-7,9-10H2,1-3H3. The molecule has 0 aliphatic rings. The van der Waals surface area contributed by atoms with Gasteiger partial charge >= 0.3 is 6.16 Å². The lowest BCUT2D eigenvalue weighted by molar-refractivity contribution is -0.287. The molecule has 0 aromatic heterocycles. The van der Waals surface area contributed by atoms with Crippen LogP contribution in [-0.4, -0.2) is 25.5 Å². The lowest BCUT2D eigenvalue weighted by Gasteiger charge is -2.05. The predicted molar refractivity (Wildman–Crippen MR) is 69.0 cm³/mol. The third-order valence-electron chi connectivity index (χ3n) is 1.93. The van der Waals surface area contributed by atoms with Gasteiger partial charge in [-0.2, -0.15) is 4.79 Å². The molecule has 0 N–H and O–H groups in total. The molecule has 6 heteroatoms. The van der Waals surface area contributed by atoms with E-state index < -0.39 is 6.16 Å². The minimum absolute atomic E-state index is 0.219. The van der Waals surface area contributed by atoms with Gasteiger partial charge in [0.15, 0.2) is 0 Å². The van der Waals surface area contributed by atoms with E-state index in [1.54, 1.807) is 13.8 Å². The molecule has 0 aromatic rings. The summed E-state index contributed by atoms with van der Waals surface area (Å²) >= 11 is 0. The first-order chi connectivity index (χ1) is 9.16. The molecular weight excluding hydrogens is 252 g/mol. The van der Waals surface area contributed by atoms with Gasteiger partial charge in [0.25, 0.3) is 0 Å². The number of hydrogen-bond donors (Lipinski definition) is 0. The average Bonchev–Trinajstić information content (AvgIpc) is 2.35. The maximum absolute atomic E-state index is 10.9. The second kappa shape index (κ2) is 13.2. The Hall–Kier alpha value is -1.27. The Labute approximate surface area is 114 Å². The predicted octanol–water partition coefficient (Wildman–Crippen LogP) is 3.52. The van der Waals surface area contributed by atoms with Gasteiger partial charge in [0.05, 0.1) is 12.7 Å². The van der Waals surface area contributed by atoms with Gasteiger partial charge in [0.2, 0.25) is 0 Å². The summed E-state index contributed by atoms with van der Waals surface area (Å²) in [7, 11) is 0. The summed E-state index contributed by atoms with van der Waals surface area (Å²) in [6, 6.07) is 0. The zero-order valence-electron chi connectivity index (χ0n) is 11.9. The zero-order chi connectivity index (χ0) is 14.3. The van der Waals surface area contributed by atoms with Gasteiger partial charge in [-0.25, -0.2) is 14.7 Å². The summed E-state index contributed by atoms with van der Waals surface area (Å²) < 4.78 is 4.67. The molecule has 0 unspecified atom stereocenters. The van der Waals surface area contributed by atoms with Crippen molar-refractivity contribution in [2.45, 2.75) is 52.6 Å². The Bertz CT molecular complexity index is 239. The minimum Gasteiger partial charge on any atom is -0.429 e. The molecule has 0 aromatic carbocycles. The highest BCUT2D eigenvalue weighted by atomic mass is 17.2. The van der Waals surface area contributed by atoms with Crippen LogP contribution >= 0.6 is 0 Å². The van der Waals surface area contributed by atoms with Crippen LogP contribution in [0.1, 0.15) is 46.5 Å². The van der Waals surface area contributed by atoms with Crippen LogP contribution in [0.3, 0.4) is 0 Å². The topological polar surface area (TPSA) is 63.2 Å². The zero-order valence-corrected chi connectivity index (χ0v) is 11.9. The van der Waals surface area contributed by atoms with Crippen LogP contribution in [0.15, 0.2) is 12.3 Å². The first kappa shape index (κ1) is 17.7. The molecule has 112 valence electrons. The van der Waals surface area contributed by atoms with E-state index in [9.17, 15) is 4.79 Å². The first-order valence-electron chi connectivity index (χ1n) is 6.60. The van der Waals surface area contributed by atoms with Crippen molar-refractivity contribution in [1.29, 1.82) is 0 Å². The first-order valence-corrected chi connectivity index (χ1v) is 6.60. The van der Waals surface area contributed by atoms with Crippen molar-refractivity contribution in [1.82, 2.24) is 0 Å². The summed E-state index contributed by atoms with van der Waals surface area (Å²) in [5.74, 6) is 0. The molecule has 0 radical (unpaired) electrons. The normalized spacial score (nSPS) is 10.9. The highest BCUT2D eigenvalue weighted by Gasteiger charge is 2.06. The highest BCUT2D eigenvalue weighted by Crippen LogP contribution is 1.99. The lowest BCUT2D eigenvalue weighted by atomic mass is 10.2. The van der Waals surface area contributed by atoms with Crippen molar-refractivity contribution >= 4 is 6.16 Å². The van der Waals surface area contributed by atoms with Crippen molar-refractivity contribution in [2.24, 2.45) is 0 Å². The van der Waals surface area contributed by atoms with Crippen LogP contribution in [0.4, 0.5) is 4.79 Å². The lowest BCUT2D eigenvalue weighted by Crippen LogP contribution is -2.12. The minimum atomic E-state index is -0.882. The van der Waals surface area contributed by atoms with Gasteiger partial charge in [-0.15, -0.1) is 0 Å². The van der Waals surface area contributed by atoms with Crippen molar-refractivity contribution in [2.75, 3.05) is 13.2 Å². The number of carbonyl (C=O) groups is 1. The second-order valence-electron chi connectivity index (χ2n) is 4.14. The third-order valence-corrected chi connectivity index (χ3v) is 1.93. The van der Waals surface area contributed by atoms with Crippen LogP contribution in [0.2, 0.25) is 0 Å². The van der Waals surface area contributed by atoms with Gasteiger partial charge < -0.3 is 4.74 Å². The number of unbranched alkanes of at least 4 members (excludes halogenated alkanes) is 3. The quantitative estimate of drug-likeness (QED) is 0.189. The summed E-state index contributed by atoms with van der Waals surface area (Å²) in [6.45, 7) is 6.37. The Morgan fingerprint density at radius 3 is 2.63 bits per heavy atom. The van der Waals surface area contributed by atoms with Crippen LogP contribution in [0, 0.1) is 0 Å². The van der Waals surface area contributed by atoms with Gasteiger partial charge in [-0.05, 0) is 26.3 Å². The molecule has 0 saturated heterocycles. The van der Waals surface area contributed by atoms with E-state index in [0.717, 1.165) is 12.8 Å². The maximum Gasteiger partial charge on any atom is 0.550 e. The van der Waals surface area contributed by atoms with Gasteiger partial charge in [-0.1, -0.05) is 26.2 Å². The molecule has 0 heterocycles. The Morgan fingerprint density at radius 1 is 1.16 bits per heavy atom. The number of hydrogen-bond acceptors (Lipinski definition) is 6. The molecule has 0 fully saturated rings. The van der Waals surface area contributed by atoms with Crippen LogP contribution in [-0.2, 0) is 24.3 Å². The fourth-order valence-electron chi connectivity index (χ4n) is 1.09. The second-order valence-corrected chi connectivity index (χ2v) is 4.14. The molecule has 0 aliphatic heterocycles. The van der Waals surface area contributed by atoms with E-state index in [1.807, 2.05) is 0 Å². The average molecular weight is 276 g/mol. The van der Waals surface area contributed by atoms with Crippen LogP contribution in [0.5, 0.6) is 0 Å². The molecule has 0 aliphatic carbocycles. The number of rotatable bonds is 11. The van der Waals surface area contributed by atoms with E-state index >= 15 is 0 Å². The van der Waals surface area contributed by atoms with Crippen molar-refractivity contribution in [3.05, 3.63) is 12.3 Å². The van der Waals surface area contributed by atoms with Crippen LogP contribution < -0.4 is 0 Å². The molecular formula is C13H24O6. The van der Waals surface area contributed by atoms with E-state index in [4.69, 9.17) is 9.78 Å². The smallest absolute Gasteiger partial charge is 0.429 e. The molecule has 0 spiro atoms. The monoisotopic (exact) mass is 276 g/mol. The largest absolute Gasteiger partial charge is 0.550 e. The molecule has 0 amide bonds. The van der Waals surface area contributed by atoms with Crippen molar-refractivity contribution < 1.29 is 29.1 Å². The molecule has 0 bridgehead atoms. The molecule has 0 saturated carbocycles. The van der Waals surface area contributed by atoms with E-state index in [0.29, 0.717) is 6.61 Å². The SMILES string of the molecule is CCCCCCOOCC=COOC(=O)OC(C)C. The molecule has 0 atom stereocenters. The van der Waals surface area contributed by atoms with Gasteiger partial charge in [-0.3, -0.25) is 4.89 Å². The van der Waals surface area contributed by atoms with Crippen molar-refractivity contribution in [3.8, 4) is 0 Å². The van der Waals surface area contributed by atoms with Crippen molar-refractivity contribution in [3.63, 3.8) is 0 Å². The highest BCUT2D eigenvalue weighted by molar-refractivity contribution is 5.59. The van der Waals surface area contributed by atoms with Crippen LogP contribution in [0.25, 0.3) is 0 Å². The van der Waals surface area contributed by atoms with E-state index in [1.165, 1.54) is 25.2 Å². The van der Waals surface area contributed by atoms with E-state index in [2.05, 4.69) is 21.4 Å². The summed E-state index contributed by atoms with van der Waals surface area (Å²) in [5, 5.41) is 0. The third kappa shape index (κ3) is 14.7. The van der Waals surface area contributed by atoms with Gasteiger partial charge in [0.1, 0.15) is 12.9 Å². The molecule has 19 heavy (non-hydrogen) atoms. The Balaban J connectivity index is 3.23. The Kier molecular flexibility index (Phi) is 12.3. The summed E-state index contributed by atoms with van der Waals surface area (Å²) in [5.41, 5.74) is 0. The number of carbonyl (C=O) groups excluding carboxylic acids is 1. The molecule has 0 rings (SSSR count). The van der Waals surface area contributed by atoms with Gasteiger partial charge in [0, 0.05) is 0 Å². The summed E-state index contributed by atoms with van der Waals surface area (Å²) in [6.07, 6.45) is 6.10. The fourth-order valence-corrected chi connectivity index (χ4v) is 1.09. The Morgan fingerprint density at radius 2 is 1.95 bits per heavy atom.